The molecule has 3 rings (SSSR count). The predicted molar refractivity (Wildman–Crippen MR) is 100 cm³/mol. The maximum Gasteiger partial charge on any atom is 0.291 e. The topological polar surface area (TPSA) is 46.2 Å². The summed E-state index contributed by atoms with van der Waals surface area (Å²) >= 11 is 0. The minimum atomic E-state index is -0.690. The Kier molecular flexibility index (Phi) is 5.54. The van der Waals surface area contributed by atoms with Gasteiger partial charge in [0.15, 0.2) is 0 Å². The molecule has 0 atom stereocenters. The quantitative estimate of drug-likeness (QED) is 0.661. The van der Waals surface area contributed by atoms with Crippen molar-refractivity contribution in [3.63, 3.8) is 0 Å². The van der Waals surface area contributed by atoms with Gasteiger partial charge in [0.25, 0.3) is 5.91 Å². The molecule has 3 aromatic rings. The van der Waals surface area contributed by atoms with Gasteiger partial charge in [0, 0.05) is 17.7 Å². The number of ketones is 1. The van der Waals surface area contributed by atoms with E-state index in [1.807, 2.05) is 60.7 Å². The fraction of sp³-hybridized carbons (Fsp3) is 0.0909. The number of amides is 1. The number of benzene rings is 3. The number of carbonyl (C=O) groups excluding carboxylic acids is 2. The Labute approximate surface area is 151 Å². The number of hydrogen-bond acceptors (Lipinski definition) is 2. The maximum atomic E-state index is 13.7. The molecular weight excluding hydrogens is 329 g/mol. The second-order valence-corrected chi connectivity index (χ2v) is 5.92. The summed E-state index contributed by atoms with van der Waals surface area (Å²) in [6, 6.07) is 22.8. The summed E-state index contributed by atoms with van der Waals surface area (Å²) in [4.78, 5) is 24.4. The molecule has 0 aromatic heterocycles. The van der Waals surface area contributed by atoms with Crippen molar-refractivity contribution in [1.82, 2.24) is 0 Å². The van der Waals surface area contributed by atoms with Crippen LogP contribution in [0.3, 0.4) is 0 Å². The molecule has 3 aromatic carbocycles. The first kappa shape index (κ1) is 17.5. The number of anilines is 1. The van der Waals surface area contributed by atoms with Gasteiger partial charge < -0.3 is 5.32 Å². The van der Waals surface area contributed by atoms with Crippen LogP contribution in [-0.2, 0) is 16.0 Å². The van der Waals surface area contributed by atoms with E-state index in [9.17, 15) is 14.0 Å². The third-order valence-electron chi connectivity index (χ3n) is 4.05. The highest BCUT2D eigenvalue weighted by molar-refractivity contribution is 6.40. The van der Waals surface area contributed by atoms with Crippen LogP contribution in [-0.4, -0.2) is 11.7 Å². The molecule has 0 saturated carbocycles. The van der Waals surface area contributed by atoms with Crippen LogP contribution in [0.1, 0.15) is 12.0 Å². The van der Waals surface area contributed by atoms with Crippen molar-refractivity contribution in [1.29, 1.82) is 0 Å². The van der Waals surface area contributed by atoms with Crippen molar-refractivity contribution in [2.75, 3.05) is 5.32 Å². The first-order valence-corrected chi connectivity index (χ1v) is 8.36. The molecule has 0 bridgehead atoms. The highest BCUT2D eigenvalue weighted by atomic mass is 19.1. The number of aryl methyl sites for hydroxylation is 1. The number of carbonyl (C=O) groups is 2. The van der Waals surface area contributed by atoms with Crippen LogP contribution in [0.15, 0.2) is 78.9 Å². The van der Waals surface area contributed by atoms with Gasteiger partial charge in [-0.05, 0) is 35.7 Å². The van der Waals surface area contributed by atoms with Crippen molar-refractivity contribution in [2.45, 2.75) is 12.8 Å². The van der Waals surface area contributed by atoms with Crippen molar-refractivity contribution in [2.24, 2.45) is 0 Å². The first-order chi connectivity index (χ1) is 12.6. The van der Waals surface area contributed by atoms with E-state index in [4.69, 9.17) is 0 Å². The maximum absolute atomic E-state index is 13.7. The van der Waals surface area contributed by atoms with Gasteiger partial charge in [-0.3, -0.25) is 9.59 Å². The van der Waals surface area contributed by atoms with Crippen LogP contribution in [0.5, 0.6) is 0 Å². The van der Waals surface area contributed by atoms with E-state index >= 15 is 0 Å². The fourth-order valence-electron chi connectivity index (χ4n) is 2.69. The van der Waals surface area contributed by atoms with Gasteiger partial charge in [-0.1, -0.05) is 60.7 Å². The standard InChI is InChI=1S/C22H18FNO2/c23-18-12-13-20(19(15-18)17-9-5-2-6-10-17)24-22(26)21(25)14-11-16-7-3-1-4-8-16/h1-10,12-13,15H,11,14H2,(H,24,26). The lowest BCUT2D eigenvalue weighted by molar-refractivity contribution is -0.134. The molecule has 0 unspecified atom stereocenters. The molecule has 0 aliphatic rings. The Morgan fingerprint density at radius 1 is 0.846 bits per heavy atom. The Bertz CT molecular complexity index is 908. The smallest absolute Gasteiger partial charge is 0.291 e. The Morgan fingerprint density at radius 2 is 1.50 bits per heavy atom. The van der Waals surface area contributed by atoms with Gasteiger partial charge in [-0.2, -0.15) is 0 Å². The van der Waals surface area contributed by atoms with Crippen LogP contribution >= 0.6 is 0 Å². The lowest BCUT2D eigenvalue weighted by atomic mass is 10.0. The number of rotatable bonds is 6. The third-order valence-corrected chi connectivity index (χ3v) is 4.05. The average molecular weight is 347 g/mol. The van der Waals surface area contributed by atoms with Crippen LogP contribution in [0, 0.1) is 5.82 Å². The molecule has 0 radical (unpaired) electrons. The Balaban J connectivity index is 1.72. The molecule has 0 fully saturated rings. The highest BCUT2D eigenvalue weighted by Gasteiger charge is 2.16. The SMILES string of the molecule is O=C(CCc1ccccc1)C(=O)Nc1ccc(F)cc1-c1ccccc1. The van der Waals surface area contributed by atoms with Crippen molar-refractivity contribution in [3.8, 4) is 11.1 Å². The average Bonchev–Trinajstić information content (AvgIpc) is 2.69. The summed E-state index contributed by atoms with van der Waals surface area (Å²) in [5.74, 6) is -1.60. The number of hydrogen-bond donors (Lipinski definition) is 1. The molecule has 1 amide bonds. The van der Waals surface area contributed by atoms with E-state index in [0.29, 0.717) is 17.7 Å². The molecule has 0 spiro atoms. The molecule has 0 aliphatic carbocycles. The van der Waals surface area contributed by atoms with Crippen molar-refractivity contribution in [3.05, 3.63) is 90.2 Å². The summed E-state index contributed by atoms with van der Waals surface area (Å²) in [7, 11) is 0. The van der Waals surface area contributed by atoms with Crippen LogP contribution in [0.2, 0.25) is 0 Å². The zero-order valence-corrected chi connectivity index (χ0v) is 14.1. The Hall–Kier alpha value is -3.27. The van der Waals surface area contributed by atoms with E-state index < -0.39 is 17.5 Å². The van der Waals surface area contributed by atoms with E-state index in [1.165, 1.54) is 18.2 Å². The summed E-state index contributed by atoms with van der Waals surface area (Å²) < 4.78 is 13.7. The lowest BCUT2D eigenvalue weighted by Crippen LogP contribution is -2.23. The second kappa shape index (κ2) is 8.21. The summed E-state index contributed by atoms with van der Waals surface area (Å²) in [6.07, 6.45) is 0.625. The van der Waals surface area contributed by atoms with Gasteiger partial charge in [0.2, 0.25) is 5.78 Å². The zero-order chi connectivity index (χ0) is 18.4. The van der Waals surface area contributed by atoms with Gasteiger partial charge in [0.05, 0.1) is 0 Å². The molecule has 4 heteroatoms. The molecule has 1 N–H and O–H groups in total. The number of nitrogens with one attached hydrogen (secondary N) is 1. The van der Waals surface area contributed by atoms with Crippen molar-refractivity contribution < 1.29 is 14.0 Å². The molecule has 0 aliphatic heterocycles. The molecular formula is C22H18FNO2. The van der Waals surface area contributed by atoms with Crippen LogP contribution < -0.4 is 5.32 Å². The van der Waals surface area contributed by atoms with Crippen molar-refractivity contribution >= 4 is 17.4 Å². The lowest BCUT2D eigenvalue weighted by Gasteiger charge is -2.11. The molecule has 0 saturated heterocycles. The van der Waals surface area contributed by atoms with Crippen LogP contribution in [0.4, 0.5) is 10.1 Å². The first-order valence-electron chi connectivity index (χ1n) is 8.36. The summed E-state index contributed by atoms with van der Waals surface area (Å²) in [6.45, 7) is 0. The second-order valence-electron chi connectivity index (χ2n) is 5.92. The monoisotopic (exact) mass is 347 g/mol. The van der Waals surface area contributed by atoms with E-state index in [-0.39, 0.29) is 6.42 Å². The van der Waals surface area contributed by atoms with E-state index in [2.05, 4.69) is 5.32 Å². The zero-order valence-electron chi connectivity index (χ0n) is 14.1. The largest absolute Gasteiger partial charge is 0.319 e. The molecule has 26 heavy (non-hydrogen) atoms. The fourth-order valence-corrected chi connectivity index (χ4v) is 2.69. The minimum absolute atomic E-state index is 0.123. The predicted octanol–water partition coefficient (Wildman–Crippen LogP) is 4.63. The van der Waals surface area contributed by atoms with Gasteiger partial charge in [-0.25, -0.2) is 4.39 Å². The minimum Gasteiger partial charge on any atom is -0.319 e. The number of Topliss-reactive ketones (excluding diaryl/α,β-unsaturated/α-hetero) is 1. The summed E-state index contributed by atoms with van der Waals surface area (Å²) in [5.41, 5.74) is 2.71. The highest BCUT2D eigenvalue weighted by Crippen LogP contribution is 2.28. The van der Waals surface area contributed by atoms with Crippen LogP contribution in [0.25, 0.3) is 11.1 Å². The molecule has 130 valence electrons. The molecule has 0 heterocycles. The normalized spacial score (nSPS) is 10.3. The van der Waals surface area contributed by atoms with Gasteiger partial charge in [0.1, 0.15) is 5.82 Å². The molecule has 3 nitrogen and oxygen atoms in total. The number of halogens is 1. The Morgan fingerprint density at radius 3 is 2.19 bits per heavy atom. The van der Waals surface area contributed by atoms with E-state index in [1.54, 1.807) is 0 Å². The third kappa shape index (κ3) is 4.42. The van der Waals surface area contributed by atoms with E-state index in [0.717, 1.165) is 11.1 Å². The summed E-state index contributed by atoms with van der Waals surface area (Å²) in [5, 5.41) is 2.62. The van der Waals surface area contributed by atoms with Gasteiger partial charge >= 0.3 is 0 Å². The van der Waals surface area contributed by atoms with Gasteiger partial charge in [-0.15, -0.1) is 0 Å².